The van der Waals surface area contributed by atoms with Crippen LogP contribution in [0.3, 0.4) is 0 Å². The highest BCUT2D eigenvalue weighted by Gasteiger charge is 2.41. The minimum Gasteiger partial charge on any atom is -0.467 e. The average molecular weight is 379 g/mol. The number of nitrogens with zero attached hydrogens (tertiary/aromatic N) is 1. The Labute approximate surface area is 155 Å². The van der Waals surface area contributed by atoms with Gasteiger partial charge < -0.3 is 14.6 Å². The molecule has 1 aliphatic rings. The second-order valence-electron chi connectivity index (χ2n) is 6.46. The van der Waals surface area contributed by atoms with E-state index in [1.807, 2.05) is 17.5 Å². The second kappa shape index (κ2) is 8.10. The van der Waals surface area contributed by atoms with E-state index < -0.39 is 6.04 Å². The molecule has 3 rings (SSSR count). The molecule has 0 aliphatic carbocycles. The molecule has 25 heavy (non-hydrogen) atoms. The Morgan fingerprint density at radius 3 is 2.92 bits per heavy atom. The number of carbonyl (C=O) groups excluding carboxylic acids is 2. The quantitative estimate of drug-likeness (QED) is 0.799. The fourth-order valence-corrected chi connectivity index (χ4v) is 4.92. The summed E-state index contributed by atoms with van der Waals surface area (Å²) in [4.78, 5) is 27.2. The summed E-state index contributed by atoms with van der Waals surface area (Å²) >= 11 is 3.20. The smallest absolute Gasteiger partial charge is 0.243 e. The number of carbonyl (C=O) groups is 2. The fraction of sp³-hybridized carbons (Fsp3) is 0.444. The maximum absolute atomic E-state index is 12.9. The summed E-state index contributed by atoms with van der Waals surface area (Å²) in [5.41, 5.74) is 1.09. The van der Waals surface area contributed by atoms with Crippen molar-refractivity contribution in [2.45, 2.75) is 38.2 Å². The molecular formula is C18H22N2O3S2. The standard InChI is InChI=1S/C18H22N2O3S2/c1-12(2)8-15(17(22)19-9-14-4-3-6-23-14)20-16(21)11-25-18(20)13-5-7-24-10-13/h3-7,10,12,15,18H,8-9,11H2,1-2H3,(H,19,22). The van der Waals surface area contributed by atoms with Gasteiger partial charge in [0.15, 0.2) is 0 Å². The maximum atomic E-state index is 12.9. The summed E-state index contributed by atoms with van der Waals surface area (Å²) < 4.78 is 5.27. The lowest BCUT2D eigenvalue weighted by Gasteiger charge is -2.32. The van der Waals surface area contributed by atoms with Crippen LogP contribution in [-0.2, 0) is 16.1 Å². The second-order valence-corrected chi connectivity index (χ2v) is 8.31. The summed E-state index contributed by atoms with van der Waals surface area (Å²) in [7, 11) is 0. The van der Waals surface area contributed by atoms with Gasteiger partial charge in [-0.2, -0.15) is 11.3 Å². The number of thiophene rings is 1. The first-order valence-electron chi connectivity index (χ1n) is 8.31. The van der Waals surface area contributed by atoms with Crippen molar-refractivity contribution < 1.29 is 14.0 Å². The molecule has 1 N–H and O–H groups in total. The van der Waals surface area contributed by atoms with Gasteiger partial charge in [-0.05, 0) is 46.9 Å². The summed E-state index contributed by atoms with van der Waals surface area (Å²) in [5.74, 6) is 1.33. The molecule has 0 bridgehead atoms. The van der Waals surface area contributed by atoms with Crippen LogP contribution in [0.2, 0.25) is 0 Å². The van der Waals surface area contributed by atoms with Crippen molar-refractivity contribution in [3.63, 3.8) is 0 Å². The molecule has 2 unspecified atom stereocenters. The first kappa shape index (κ1) is 18.1. The summed E-state index contributed by atoms with van der Waals surface area (Å²) in [6, 6.07) is 5.17. The SMILES string of the molecule is CC(C)CC(C(=O)NCc1ccco1)N1C(=O)CSC1c1ccsc1. The Morgan fingerprint density at radius 2 is 2.28 bits per heavy atom. The van der Waals surface area contributed by atoms with Crippen LogP contribution in [0, 0.1) is 5.92 Å². The van der Waals surface area contributed by atoms with E-state index in [2.05, 4.69) is 24.5 Å². The van der Waals surface area contributed by atoms with Crippen molar-refractivity contribution in [1.29, 1.82) is 0 Å². The Morgan fingerprint density at radius 1 is 1.44 bits per heavy atom. The molecule has 0 spiro atoms. The van der Waals surface area contributed by atoms with E-state index in [4.69, 9.17) is 4.42 Å². The van der Waals surface area contributed by atoms with Crippen LogP contribution in [0.25, 0.3) is 0 Å². The molecule has 1 fully saturated rings. The number of hydrogen-bond acceptors (Lipinski definition) is 5. The predicted octanol–water partition coefficient (Wildman–Crippen LogP) is 3.65. The monoisotopic (exact) mass is 378 g/mol. The third-order valence-corrected chi connectivity index (χ3v) is 6.01. The van der Waals surface area contributed by atoms with Gasteiger partial charge in [0.1, 0.15) is 17.2 Å². The van der Waals surface area contributed by atoms with Crippen LogP contribution in [0.1, 0.15) is 37.0 Å². The Bertz CT molecular complexity index is 698. The third kappa shape index (κ3) is 4.27. The maximum Gasteiger partial charge on any atom is 0.243 e. The number of nitrogens with one attached hydrogen (secondary N) is 1. The lowest BCUT2D eigenvalue weighted by molar-refractivity contribution is -0.139. The van der Waals surface area contributed by atoms with Crippen molar-refractivity contribution in [3.8, 4) is 0 Å². The number of furan rings is 1. The topological polar surface area (TPSA) is 62.6 Å². The molecule has 2 aromatic rings. The van der Waals surface area contributed by atoms with E-state index in [-0.39, 0.29) is 17.2 Å². The van der Waals surface area contributed by atoms with Crippen LogP contribution >= 0.6 is 23.1 Å². The molecule has 1 saturated heterocycles. The van der Waals surface area contributed by atoms with E-state index in [1.54, 1.807) is 40.3 Å². The third-order valence-electron chi connectivity index (χ3n) is 4.08. The van der Waals surface area contributed by atoms with Gasteiger partial charge >= 0.3 is 0 Å². The molecule has 134 valence electrons. The van der Waals surface area contributed by atoms with Crippen molar-refractivity contribution >= 4 is 34.9 Å². The highest BCUT2D eigenvalue weighted by Crippen LogP contribution is 2.41. The lowest BCUT2D eigenvalue weighted by Crippen LogP contribution is -2.49. The van der Waals surface area contributed by atoms with E-state index in [0.29, 0.717) is 30.4 Å². The molecule has 2 atom stereocenters. The lowest BCUT2D eigenvalue weighted by atomic mass is 10.0. The van der Waals surface area contributed by atoms with Gasteiger partial charge in [0.25, 0.3) is 0 Å². The number of amides is 2. The molecule has 0 radical (unpaired) electrons. The molecule has 7 heteroatoms. The predicted molar refractivity (Wildman–Crippen MR) is 100 cm³/mol. The van der Waals surface area contributed by atoms with Gasteiger partial charge in [0, 0.05) is 0 Å². The first-order valence-corrected chi connectivity index (χ1v) is 10.3. The van der Waals surface area contributed by atoms with E-state index in [1.165, 1.54) is 0 Å². The highest BCUT2D eigenvalue weighted by atomic mass is 32.2. The summed E-state index contributed by atoms with van der Waals surface area (Å²) in [5, 5.41) is 6.89. The van der Waals surface area contributed by atoms with Gasteiger partial charge in [-0.25, -0.2) is 0 Å². The van der Waals surface area contributed by atoms with Crippen LogP contribution in [0.4, 0.5) is 0 Å². The molecule has 3 heterocycles. The van der Waals surface area contributed by atoms with E-state index in [0.717, 1.165) is 5.56 Å². The molecule has 2 amide bonds. The van der Waals surface area contributed by atoms with Crippen LogP contribution < -0.4 is 5.32 Å². The molecule has 5 nitrogen and oxygen atoms in total. The van der Waals surface area contributed by atoms with Crippen molar-refractivity contribution in [2.24, 2.45) is 5.92 Å². The van der Waals surface area contributed by atoms with Crippen molar-refractivity contribution in [3.05, 3.63) is 46.5 Å². The summed E-state index contributed by atoms with van der Waals surface area (Å²) in [6.45, 7) is 4.47. The normalized spacial score (nSPS) is 18.8. The summed E-state index contributed by atoms with van der Waals surface area (Å²) in [6.07, 6.45) is 2.22. The molecule has 2 aromatic heterocycles. The average Bonchev–Trinajstić information content (AvgIpc) is 3.31. The number of rotatable bonds is 7. The zero-order chi connectivity index (χ0) is 17.8. The minimum atomic E-state index is -0.470. The zero-order valence-electron chi connectivity index (χ0n) is 14.3. The fourth-order valence-electron chi connectivity index (χ4n) is 2.94. The molecular weight excluding hydrogens is 356 g/mol. The van der Waals surface area contributed by atoms with E-state index >= 15 is 0 Å². The zero-order valence-corrected chi connectivity index (χ0v) is 15.9. The van der Waals surface area contributed by atoms with Crippen LogP contribution in [0.15, 0.2) is 39.6 Å². The largest absolute Gasteiger partial charge is 0.467 e. The van der Waals surface area contributed by atoms with Gasteiger partial charge in [0.05, 0.1) is 18.6 Å². The Hall–Kier alpha value is -1.73. The number of hydrogen-bond donors (Lipinski definition) is 1. The van der Waals surface area contributed by atoms with Crippen molar-refractivity contribution in [1.82, 2.24) is 10.2 Å². The van der Waals surface area contributed by atoms with Crippen molar-refractivity contribution in [2.75, 3.05) is 5.75 Å². The minimum absolute atomic E-state index is 0.0278. The van der Waals surface area contributed by atoms with Gasteiger partial charge in [-0.3, -0.25) is 9.59 Å². The van der Waals surface area contributed by atoms with Gasteiger partial charge in [-0.15, -0.1) is 11.8 Å². The number of thioether (sulfide) groups is 1. The Balaban J connectivity index is 1.78. The molecule has 0 saturated carbocycles. The van der Waals surface area contributed by atoms with E-state index in [9.17, 15) is 9.59 Å². The molecule has 1 aliphatic heterocycles. The Kier molecular flexibility index (Phi) is 5.86. The van der Waals surface area contributed by atoms with Gasteiger partial charge in [-0.1, -0.05) is 13.8 Å². The first-order chi connectivity index (χ1) is 12.1. The van der Waals surface area contributed by atoms with Gasteiger partial charge in [0.2, 0.25) is 11.8 Å². The highest BCUT2D eigenvalue weighted by molar-refractivity contribution is 8.00. The van der Waals surface area contributed by atoms with Crippen LogP contribution in [0.5, 0.6) is 0 Å². The molecule has 0 aromatic carbocycles. The van der Waals surface area contributed by atoms with Crippen LogP contribution in [-0.4, -0.2) is 28.5 Å².